The smallest absolute Gasteiger partial charge is 0.171 e. The summed E-state index contributed by atoms with van der Waals surface area (Å²) >= 11 is 0. The van der Waals surface area contributed by atoms with E-state index in [-0.39, 0.29) is 34.3 Å². The fourth-order valence-electron chi connectivity index (χ4n) is 9.40. The molecule has 2 aliphatic heterocycles. The predicted molar refractivity (Wildman–Crippen MR) is 117 cm³/mol. The largest absolute Gasteiger partial charge is 0.349 e. The molecule has 6 rings (SSSR count). The Morgan fingerprint density at radius 3 is 2.58 bits per heavy atom. The first kappa shape index (κ1) is 20.6. The molecular formula is C27H38O4. The van der Waals surface area contributed by atoms with E-state index in [4.69, 9.17) is 9.47 Å². The van der Waals surface area contributed by atoms with Gasteiger partial charge in [0.05, 0.1) is 12.7 Å². The zero-order valence-corrected chi connectivity index (χ0v) is 19.6. The Morgan fingerprint density at radius 1 is 1.03 bits per heavy atom. The number of fused-ring (bicyclic) bond motifs is 7. The Kier molecular flexibility index (Phi) is 4.34. The molecule has 0 aromatic carbocycles. The maximum atomic E-state index is 13.2. The van der Waals surface area contributed by atoms with Crippen molar-refractivity contribution in [2.75, 3.05) is 6.61 Å². The van der Waals surface area contributed by atoms with Crippen LogP contribution in [0.15, 0.2) is 11.6 Å². The van der Waals surface area contributed by atoms with Crippen LogP contribution in [0.1, 0.15) is 79.1 Å². The molecule has 0 aromatic rings. The SMILES string of the molecule is CC1CCC2(OC1)OC1CC3C4CC(=O)C5=CC(=O)CCC5(C)C4CCC3(C)C1C2C. The molecule has 4 aliphatic carbocycles. The zero-order chi connectivity index (χ0) is 21.8. The van der Waals surface area contributed by atoms with Gasteiger partial charge in [0, 0.05) is 30.8 Å². The van der Waals surface area contributed by atoms with Crippen LogP contribution >= 0.6 is 0 Å². The molecule has 2 heterocycles. The molecule has 10 unspecified atom stereocenters. The summed E-state index contributed by atoms with van der Waals surface area (Å²) in [4.78, 5) is 25.3. The number of hydrogen-bond acceptors (Lipinski definition) is 4. The summed E-state index contributed by atoms with van der Waals surface area (Å²) in [6.45, 7) is 10.2. The van der Waals surface area contributed by atoms with Crippen molar-refractivity contribution in [3.8, 4) is 0 Å². The van der Waals surface area contributed by atoms with Gasteiger partial charge < -0.3 is 9.47 Å². The van der Waals surface area contributed by atoms with E-state index in [9.17, 15) is 9.59 Å². The lowest BCUT2D eigenvalue weighted by molar-refractivity contribution is -0.272. The quantitative estimate of drug-likeness (QED) is 0.541. The third-order valence-corrected chi connectivity index (χ3v) is 11.1. The van der Waals surface area contributed by atoms with Crippen molar-refractivity contribution in [3.63, 3.8) is 0 Å². The summed E-state index contributed by atoms with van der Waals surface area (Å²) in [6.07, 6.45) is 9.73. The van der Waals surface area contributed by atoms with Crippen LogP contribution in [-0.2, 0) is 19.1 Å². The summed E-state index contributed by atoms with van der Waals surface area (Å²) in [6, 6.07) is 0. The van der Waals surface area contributed by atoms with Gasteiger partial charge in [-0.15, -0.1) is 0 Å². The number of rotatable bonds is 0. The standard InChI is InChI=1S/C27H38O4/c1-15-5-10-27(30-14-15)16(2)24-23(31-27)13-20-18-12-22(29)21-11-17(28)6-8-25(21,3)19(18)7-9-26(20,24)4/h11,15-16,18-20,23-24H,5-10,12-14H2,1-4H3. The van der Waals surface area contributed by atoms with Gasteiger partial charge in [-0.1, -0.05) is 27.7 Å². The van der Waals surface area contributed by atoms with Gasteiger partial charge in [0.25, 0.3) is 0 Å². The summed E-state index contributed by atoms with van der Waals surface area (Å²) in [5, 5.41) is 0. The number of hydrogen-bond donors (Lipinski definition) is 0. The highest BCUT2D eigenvalue weighted by molar-refractivity contribution is 6.05. The third-order valence-electron chi connectivity index (χ3n) is 11.1. The van der Waals surface area contributed by atoms with E-state index in [1.54, 1.807) is 6.08 Å². The first-order valence-corrected chi connectivity index (χ1v) is 12.8. The minimum atomic E-state index is -0.374. The molecule has 6 aliphatic rings. The maximum Gasteiger partial charge on any atom is 0.171 e. The summed E-state index contributed by atoms with van der Waals surface area (Å²) in [5.41, 5.74) is 0.965. The minimum absolute atomic E-state index is 0.108. The number of carbonyl (C=O) groups is 2. The van der Waals surface area contributed by atoms with Crippen LogP contribution in [0.2, 0.25) is 0 Å². The molecule has 5 fully saturated rings. The van der Waals surface area contributed by atoms with Crippen LogP contribution in [-0.4, -0.2) is 30.1 Å². The number of allylic oxidation sites excluding steroid dienone is 1. The molecule has 0 N–H and O–H groups in total. The van der Waals surface area contributed by atoms with E-state index >= 15 is 0 Å². The molecule has 170 valence electrons. The Hall–Kier alpha value is -1.00. The predicted octanol–water partition coefficient (Wildman–Crippen LogP) is 5.10. The summed E-state index contributed by atoms with van der Waals surface area (Å²) < 4.78 is 13.2. The Balaban J connectivity index is 1.31. The zero-order valence-electron chi connectivity index (χ0n) is 19.6. The van der Waals surface area contributed by atoms with Gasteiger partial charge in [-0.3, -0.25) is 9.59 Å². The molecule has 1 spiro atoms. The lowest BCUT2D eigenvalue weighted by Gasteiger charge is -2.58. The Labute approximate surface area is 186 Å². The molecule has 0 bridgehead atoms. The van der Waals surface area contributed by atoms with Gasteiger partial charge in [-0.2, -0.15) is 0 Å². The highest BCUT2D eigenvalue weighted by Gasteiger charge is 2.69. The van der Waals surface area contributed by atoms with Crippen molar-refractivity contribution in [1.82, 2.24) is 0 Å². The van der Waals surface area contributed by atoms with Gasteiger partial charge in [0.2, 0.25) is 0 Å². The van der Waals surface area contributed by atoms with E-state index in [0.717, 1.165) is 31.4 Å². The average Bonchev–Trinajstić information content (AvgIpc) is 3.17. The van der Waals surface area contributed by atoms with Crippen molar-refractivity contribution in [2.24, 2.45) is 46.3 Å². The molecule has 4 heteroatoms. The van der Waals surface area contributed by atoms with Crippen LogP contribution in [0.4, 0.5) is 0 Å². The molecular weight excluding hydrogens is 388 g/mol. The maximum absolute atomic E-state index is 13.2. The topological polar surface area (TPSA) is 52.6 Å². The Morgan fingerprint density at radius 2 is 1.84 bits per heavy atom. The van der Waals surface area contributed by atoms with Crippen molar-refractivity contribution in [2.45, 2.75) is 91.0 Å². The molecule has 0 aromatic heterocycles. The molecule has 31 heavy (non-hydrogen) atoms. The third kappa shape index (κ3) is 2.61. The molecule has 2 saturated heterocycles. The van der Waals surface area contributed by atoms with Crippen LogP contribution < -0.4 is 0 Å². The average molecular weight is 427 g/mol. The minimum Gasteiger partial charge on any atom is -0.349 e. The van der Waals surface area contributed by atoms with Crippen molar-refractivity contribution in [1.29, 1.82) is 0 Å². The van der Waals surface area contributed by atoms with E-state index in [1.165, 1.54) is 19.3 Å². The van der Waals surface area contributed by atoms with Gasteiger partial charge in [-0.05, 0) is 78.6 Å². The van der Waals surface area contributed by atoms with Crippen molar-refractivity contribution < 1.29 is 19.1 Å². The fourth-order valence-corrected chi connectivity index (χ4v) is 9.40. The fraction of sp³-hybridized carbons (Fsp3) is 0.852. The molecule has 4 nitrogen and oxygen atoms in total. The second kappa shape index (κ2) is 6.53. The van der Waals surface area contributed by atoms with E-state index < -0.39 is 0 Å². The second-order valence-electron chi connectivity index (χ2n) is 12.5. The monoisotopic (exact) mass is 426 g/mol. The summed E-state index contributed by atoms with van der Waals surface area (Å²) in [5.74, 6) is 3.08. The first-order valence-electron chi connectivity index (χ1n) is 12.8. The van der Waals surface area contributed by atoms with Crippen LogP contribution in [0.25, 0.3) is 0 Å². The van der Waals surface area contributed by atoms with E-state index in [0.29, 0.717) is 48.3 Å². The number of carbonyl (C=O) groups excluding carboxylic acids is 2. The molecule has 3 saturated carbocycles. The van der Waals surface area contributed by atoms with Gasteiger partial charge >= 0.3 is 0 Å². The lowest BCUT2D eigenvalue weighted by Crippen LogP contribution is -2.54. The Bertz CT molecular complexity index is 851. The first-order chi connectivity index (χ1) is 14.7. The van der Waals surface area contributed by atoms with Crippen molar-refractivity contribution >= 4 is 11.6 Å². The van der Waals surface area contributed by atoms with E-state index in [2.05, 4.69) is 27.7 Å². The van der Waals surface area contributed by atoms with Gasteiger partial charge in [-0.25, -0.2) is 0 Å². The number of ether oxygens (including phenoxy) is 2. The van der Waals surface area contributed by atoms with Crippen LogP contribution in [0.5, 0.6) is 0 Å². The highest BCUT2D eigenvalue weighted by atomic mass is 16.7. The van der Waals surface area contributed by atoms with Crippen molar-refractivity contribution in [3.05, 3.63) is 11.6 Å². The van der Waals surface area contributed by atoms with Crippen LogP contribution in [0.3, 0.4) is 0 Å². The lowest BCUT2D eigenvalue weighted by atomic mass is 9.46. The normalized spacial score (nSPS) is 56.0. The molecule has 0 amide bonds. The molecule has 0 radical (unpaired) electrons. The van der Waals surface area contributed by atoms with E-state index in [1.807, 2.05) is 0 Å². The number of Topliss-reactive ketones (excluding diaryl/α,β-unsaturated/α-hetero) is 1. The highest BCUT2D eigenvalue weighted by Crippen LogP contribution is 2.70. The number of ketones is 2. The van der Waals surface area contributed by atoms with Crippen LogP contribution in [0, 0.1) is 46.3 Å². The molecule has 10 atom stereocenters. The second-order valence-corrected chi connectivity index (χ2v) is 12.5. The summed E-state index contributed by atoms with van der Waals surface area (Å²) in [7, 11) is 0. The van der Waals surface area contributed by atoms with Gasteiger partial charge in [0.15, 0.2) is 17.4 Å². The van der Waals surface area contributed by atoms with Gasteiger partial charge in [0.1, 0.15) is 0 Å².